The molecule has 0 fully saturated rings. The molecule has 6 heteroatoms. The normalized spacial score (nSPS) is 13.0. The summed E-state index contributed by atoms with van der Waals surface area (Å²) in [6.07, 6.45) is 2.52. The molecule has 28 heavy (non-hydrogen) atoms. The van der Waals surface area contributed by atoms with Crippen LogP contribution in [0, 0.1) is 5.82 Å². The van der Waals surface area contributed by atoms with Crippen LogP contribution in [-0.4, -0.2) is 34.7 Å². The molecule has 0 aliphatic heterocycles. The lowest BCUT2D eigenvalue weighted by atomic mass is 10.1. The van der Waals surface area contributed by atoms with Crippen molar-refractivity contribution in [3.63, 3.8) is 0 Å². The average Bonchev–Trinajstić information content (AvgIpc) is 3.26. The minimum Gasteiger partial charge on any atom is -0.320 e. The Labute approximate surface area is 163 Å². The minimum atomic E-state index is -0.344. The first kappa shape index (κ1) is 18.4. The van der Waals surface area contributed by atoms with Crippen molar-refractivity contribution in [2.45, 2.75) is 25.8 Å². The molecule has 144 valence electrons. The van der Waals surface area contributed by atoms with Crippen molar-refractivity contribution in [1.29, 1.82) is 0 Å². The molecular formula is C22H23FN4O. The van der Waals surface area contributed by atoms with Crippen LogP contribution in [0.1, 0.15) is 33.7 Å². The van der Waals surface area contributed by atoms with Gasteiger partial charge in [-0.25, -0.2) is 9.07 Å². The van der Waals surface area contributed by atoms with Gasteiger partial charge in [0, 0.05) is 23.5 Å². The van der Waals surface area contributed by atoms with Crippen molar-refractivity contribution >= 4 is 11.6 Å². The molecule has 0 unspecified atom stereocenters. The average molecular weight is 378 g/mol. The van der Waals surface area contributed by atoms with Crippen LogP contribution in [0.5, 0.6) is 0 Å². The fourth-order valence-electron chi connectivity index (χ4n) is 3.74. The van der Waals surface area contributed by atoms with Gasteiger partial charge in [0.1, 0.15) is 11.5 Å². The van der Waals surface area contributed by atoms with Crippen LogP contribution in [0.4, 0.5) is 10.1 Å². The van der Waals surface area contributed by atoms with Crippen LogP contribution in [-0.2, 0) is 19.4 Å². The van der Waals surface area contributed by atoms with E-state index >= 15 is 0 Å². The summed E-state index contributed by atoms with van der Waals surface area (Å²) in [6.45, 7) is 0.720. The molecule has 1 aromatic heterocycles. The highest BCUT2D eigenvalue weighted by Crippen LogP contribution is 2.29. The number of para-hydroxylation sites is 2. The first-order valence-electron chi connectivity index (χ1n) is 9.44. The van der Waals surface area contributed by atoms with Crippen LogP contribution in [0.3, 0.4) is 0 Å². The lowest BCUT2D eigenvalue weighted by Gasteiger charge is -2.14. The van der Waals surface area contributed by atoms with Gasteiger partial charge in [0.2, 0.25) is 0 Å². The molecule has 0 radical (unpaired) electrons. The van der Waals surface area contributed by atoms with Gasteiger partial charge in [-0.15, -0.1) is 0 Å². The Morgan fingerprint density at radius 3 is 2.68 bits per heavy atom. The van der Waals surface area contributed by atoms with Crippen LogP contribution >= 0.6 is 0 Å². The highest BCUT2D eigenvalue weighted by Gasteiger charge is 2.28. The molecule has 1 aliphatic rings. The Hall–Kier alpha value is -2.99. The van der Waals surface area contributed by atoms with E-state index in [-0.39, 0.29) is 11.7 Å². The molecule has 1 amide bonds. The summed E-state index contributed by atoms with van der Waals surface area (Å²) in [5.41, 5.74) is 4.42. The number of nitrogens with zero attached hydrogens (tertiary/aromatic N) is 3. The fraction of sp³-hybridized carbons (Fsp3) is 0.273. The fourth-order valence-corrected chi connectivity index (χ4v) is 3.74. The number of hydrogen-bond acceptors (Lipinski definition) is 3. The predicted molar refractivity (Wildman–Crippen MR) is 107 cm³/mol. The smallest absolute Gasteiger partial charge is 0.276 e. The van der Waals surface area contributed by atoms with Crippen molar-refractivity contribution in [2.75, 3.05) is 19.4 Å². The Morgan fingerprint density at radius 2 is 1.89 bits per heavy atom. The van der Waals surface area contributed by atoms with Crippen LogP contribution in [0.2, 0.25) is 0 Å². The first-order valence-corrected chi connectivity index (χ1v) is 9.44. The number of carbonyl (C=O) groups excluding carboxylic acids is 1. The number of anilines is 1. The van der Waals surface area contributed by atoms with E-state index in [9.17, 15) is 9.18 Å². The summed E-state index contributed by atoms with van der Waals surface area (Å²) >= 11 is 0. The zero-order valence-electron chi connectivity index (χ0n) is 16.1. The maximum Gasteiger partial charge on any atom is 0.276 e. The van der Waals surface area contributed by atoms with E-state index in [4.69, 9.17) is 0 Å². The van der Waals surface area contributed by atoms with E-state index in [0.29, 0.717) is 11.4 Å². The summed E-state index contributed by atoms with van der Waals surface area (Å²) in [4.78, 5) is 15.1. The molecular weight excluding hydrogens is 355 g/mol. The Morgan fingerprint density at radius 1 is 1.14 bits per heavy atom. The lowest BCUT2D eigenvalue weighted by molar-refractivity contribution is 0.102. The van der Waals surface area contributed by atoms with E-state index in [1.165, 1.54) is 6.07 Å². The Kier molecular flexibility index (Phi) is 4.96. The van der Waals surface area contributed by atoms with Crippen molar-refractivity contribution in [1.82, 2.24) is 14.7 Å². The Bertz CT molecular complexity index is 1030. The minimum absolute atomic E-state index is 0.251. The van der Waals surface area contributed by atoms with Gasteiger partial charge in [0.05, 0.1) is 0 Å². The van der Waals surface area contributed by atoms with Crippen molar-refractivity contribution in [2.24, 2.45) is 0 Å². The lowest BCUT2D eigenvalue weighted by Crippen LogP contribution is -2.18. The van der Waals surface area contributed by atoms with E-state index in [0.717, 1.165) is 48.3 Å². The zero-order chi connectivity index (χ0) is 19.7. The molecule has 2 aromatic carbocycles. The number of halogens is 1. The maximum atomic E-state index is 14.3. The molecule has 3 aromatic rings. The third-order valence-electron chi connectivity index (χ3n) is 4.98. The molecule has 0 saturated heterocycles. The van der Waals surface area contributed by atoms with Crippen molar-refractivity contribution in [3.8, 4) is 5.69 Å². The second-order valence-corrected chi connectivity index (χ2v) is 7.34. The van der Waals surface area contributed by atoms with Crippen LogP contribution in [0.15, 0.2) is 48.5 Å². The van der Waals surface area contributed by atoms with Gasteiger partial charge in [-0.1, -0.05) is 30.3 Å². The number of rotatable bonds is 5. The molecule has 0 spiro atoms. The van der Waals surface area contributed by atoms with E-state index < -0.39 is 0 Å². The number of carbonyl (C=O) groups is 1. The molecule has 1 N–H and O–H groups in total. The highest BCUT2D eigenvalue weighted by atomic mass is 19.1. The highest BCUT2D eigenvalue weighted by molar-refractivity contribution is 6.04. The number of amides is 1. The molecule has 5 nitrogen and oxygen atoms in total. The molecule has 4 rings (SSSR count). The standard InChI is InChI=1S/C22H23FN4O/c1-26(2)14-15-8-3-5-11-18(15)24-22(28)21-16-9-7-13-19(16)27(25-21)20-12-6-4-10-17(20)23/h3-6,8,10-12H,7,9,13-14H2,1-2H3,(H,24,28). The SMILES string of the molecule is CN(C)Cc1ccccc1NC(=O)c1nn(-c2ccccc2F)c2c1CCC2. The van der Waals surface area contributed by atoms with Gasteiger partial charge in [-0.2, -0.15) is 5.10 Å². The van der Waals surface area contributed by atoms with Gasteiger partial charge in [0.15, 0.2) is 5.69 Å². The summed E-state index contributed by atoms with van der Waals surface area (Å²) in [5, 5.41) is 7.51. The van der Waals surface area contributed by atoms with Gasteiger partial charge in [-0.05, 0) is 57.1 Å². The van der Waals surface area contributed by atoms with Gasteiger partial charge in [0.25, 0.3) is 5.91 Å². The van der Waals surface area contributed by atoms with Gasteiger partial charge >= 0.3 is 0 Å². The van der Waals surface area contributed by atoms with Crippen LogP contribution < -0.4 is 5.32 Å². The van der Waals surface area contributed by atoms with Crippen molar-refractivity contribution in [3.05, 3.63) is 76.9 Å². The third kappa shape index (κ3) is 3.43. The first-order chi connectivity index (χ1) is 13.5. The quantitative estimate of drug-likeness (QED) is 0.734. The van der Waals surface area contributed by atoms with E-state index in [1.807, 2.05) is 38.4 Å². The summed E-state index contributed by atoms with van der Waals surface area (Å²) < 4.78 is 15.9. The van der Waals surface area contributed by atoms with E-state index in [1.54, 1.807) is 22.9 Å². The van der Waals surface area contributed by atoms with Crippen molar-refractivity contribution < 1.29 is 9.18 Å². The van der Waals surface area contributed by atoms with Gasteiger partial charge in [-0.3, -0.25) is 4.79 Å². The number of benzene rings is 2. The predicted octanol–water partition coefficient (Wildman–Crippen LogP) is 3.81. The summed E-state index contributed by atoms with van der Waals surface area (Å²) in [7, 11) is 3.98. The Balaban J connectivity index is 1.69. The molecule has 0 saturated carbocycles. The summed E-state index contributed by atoms with van der Waals surface area (Å²) in [6, 6.07) is 14.3. The number of aromatic nitrogens is 2. The third-order valence-corrected chi connectivity index (χ3v) is 4.98. The number of nitrogens with one attached hydrogen (secondary N) is 1. The topological polar surface area (TPSA) is 50.2 Å². The number of fused-ring (bicyclic) bond motifs is 1. The second kappa shape index (κ2) is 7.56. The monoisotopic (exact) mass is 378 g/mol. The molecule has 0 atom stereocenters. The molecule has 1 aliphatic carbocycles. The molecule has 1 heterocycles. The van der Waals surface area contributed by atoms with Gasteiger partial charge < -0.3 is 10.2 Å². The van der Waals surface area contributed by atoms with Crippen LogP contribution in [0.25, 0.3) is 5.69 Å². The number of hydrogen-bond donors (Lipinski definition) is 1. The summed E-state index contributed by atoms with van der Waals surface area (Å²) in [5.74, 6) is -0.595. The van der Waals surface area contributed by atoms with E-state index in [2.05, 4.69) is 15.3 Å². The second-order valence-electron chi connectivity index (χ2n) is 7.34. The maximum absolute atomic E-state index is 14.3. The molecule has 0 bridgehead atoms. The zero-order valence-corrected chi connectivity index (χ0v) is 16.1. The largest absolute Gasteiger partial charge is 0.320 e.